The molecule has 0 aliphatic carbocycles. The predicted molar refractivity (Wildman–Crippen MR) is 67.6 cm³/mol. The summed E-state index contributed by atoms with van der Waals surface area (Å²) in [6.07, 6.45) is 1.77. The van der Waals surface area contributed by atoms with Gasteiger partial charge in [0.1, 0.15) is 5.82 Å². The molecule has 0 saturated carbocycles. The van der Waals surface area contributed by atoms with Gasteiger partial charge >= 0.3 is 0 Å². The van der Waals surface area contributed by atoms with Crippen LogP contribution in [0.25, 0.3) is 0 Å². The van der Waals surface area contributed by atoms with E-state index in [0.717, 1.165) is 27.8 Å². The first-order valence-electron chi connectivity index (χ1n) is 5.02. The Kier molecular flexibility index (Phi) is 3.05. The molecule has 16 heavy (non-hydrogen) atoms. The highest BCUT2D eigenvalue weighted by molar-refractivity contribution is 7.09. The fourth-order valence-corrected chi connectivity index (χ4v) is 1.92. The van der Waals surface area contributed by atoms with E-state index < -0.39 is 0 Å². The summed E-state index contributed by atoms with van der Waals surface area (Å²) in [6, 6.07) is 1.84. The lowest BCUT2D eigenvalue weighted by Gasteiger charge is -2.05. The summed E-state index contributed by atoms with van der Waals surface area (Å²) in [5.41, 5.74) is 8.58. The minimum atomic E-state index is 0.680. The number of aryl methyl sites for hydroxylation is 2. The lowest BCUT2D eigenvalue weighted by atomic mass is 10.2. The first-order valence-corrected chi connectivity index (χ1v) is 5.90. The van der Waals surface area contributed by atoms with Crippen LogP contribution in [0.3, 0.4) is 0 Å². The molecule has 0 unspecified atom stereocenters. The van der Waals surface area contributed by atoms with Crippen LogP contribution in [0.2, 0.25) is 0 Å². The van der Waals surface area contributed by atoms with Crippen molar-refractivity contribution in [1.82, 2.24) is 9.97 Å². The van der Waals surface area contributed by atoms with Crippen LogP contribution < -0.4 is 11.1 Å². The SMILES string of the molecule is Cc1nc(CNc2cc(N)c(C)cn2)cs1. The van der Waals surface area contributed by atoms with Gasteiger partial charge in [-0.3, -0.25) is 0 Å². The molecule has 2 aromatic rings. The number of hydrogen-bond acceptors (Lipinski definition) is 5. The van der Waals surface area contributed by atoms with E-state index in [-0.39, 0.29) is 0 Å². The van der Waals surface area contributed by atoms with Crippen molar-refractivity contribution in [3.05, 3.63) is 33.9 Å². The van der Waals surface area contributed by atoms with E-state index in [9.17, 15) is 0 Å². The van der Waals surface area contributed by atoms with Crippen molar-refractivity contribution in [2.75, 3.05) is 11.1 Å². The maximum absolute atomic E-state index is 5.80. The van der Waals surface area contributed by atoms with Gasteiger partial charge in [0.2, 0.25) is 0 Å². The summed E-state index contributed by atoms with van der Waals surface area (Å²) < 4.78 is 0. The Labute approximate surface area is 98.6 Å². The van der Waals surface area contributed by atoms with Gasteiger partial charge in [0, 0.05) is 23.3 Å². The maximum Gasteiger partial charge on any atom is 0.128 e. The molecule has 0 aliphatic heterocycles. The summed E-state index contributed by atoms with van der Waals surface area (Å²) in [6.45, 7) is 4.62. The minimum absolute atomic E-state index is 0.680. The number of nitrogens with one attached hydrogen (secondary N) is 1. The molecule has 0 bridgehead atoms. The molecule has 0 spiro atoms. The van der Waals surface area contributed by atoms with Crippen molar-refractivity contribution in [2.24, 2.45) is 0 Å². The fourth-order valence-electron chi connectivity index (χ4n) is 1.31. The van der Waals surface area contributed by atoms with Crippen molar-refractivity contribution in [2.45, 2.75) is 20.4 Å². The number of thiazole rings is 1. The molecule has 2 rings (SSSR count). The molecule has 0 saturated heterocycles. The second kappa shape index (κ2) is 4.49. The minimum Gasteiger partial charge on any atom is -0.398 e. The highest BCUT2D eigenvalue weighted by Gasteiger charge is 2.00. The Balaban J connectivity index is 2.02. The largest absolute Gasteiger partial charge is 0.398 e. The Morgan fingerprint density at radius 1 is 1.44 bits per heavy atom. The van der Waals surface area contributed by atoms with E-state index >= 15 is 0 Å². The number of pyridine rings is 1. The lowest BCUT2D eigenvalue weighted by Crippen LogP contribution is -2.03. The molecule has 2 aromatic heterocycles. The van der Waals surface area contributed by atoms with E-state index in [0.29, 0.717) is 6.54 Å². The van der Waals surface area contributed by atoms with Gasteiger partial charge < -0.3 is 11.1 Å². The molecule has 3 N–H and O–H groups in total. The number of nitrogens with two attached hydrogens (primary N) is 1. The van der Waals surface area contributed by atoms with Crippen LogP contribution in [0.1, 0.15) is 16.3 Å². The molecule has 84 valence electrons. The number of nitrogen functional groups attached to an aromatic ring is 1. The van der Waals surface area contributed by atoms with Gasteiger partial charge in [0.15, 0.2) is 0 Å². The van der Waals surface area contributed by atoms with Gasteiger partial charge in [-0.1, -0.05) is 0 Å². The third-order valence-corrected chi connectivity index (χ3v) is 3.08. The van der Waals surface area contributed by atoms with E-state index in [1.165, 1.54) is 0 Å². The molecule has 2 heterocycles. The standard InChI is InChI=1S/C11H14N4S/c1-7-4-13-11(3-10(7)12)14-5-9-6-16-8(2)15-9/h3-4,6H,5H2,1-2H3,(H3,12,13,14). The van der Waals surface area contributed by atoms with Gasteiger partial charge in [-0.2, -0.15) is 0 Å². The Hall–Kier alpha value is -1.62. The zero-order valence-corrected chi connectivity index (χ0v) is 10.1. The van der Waals surface area contributed by atoms with Crippen LogP contribution in [0.15, 0.2) is 17.6 Å². The molecule has 0 fully saturated rings. The van der Waals surface area contributed by atoms with Gasteiger partial charge in [-0.25, -0.2) is 9.97 Å². The van der Waals surface area contributed by atoms with Gasteiger partial charge in [0.25, 0.3) is 0 Å². The van der Waals surface area contributed by atoms with Crippen LogP contribution in [-0.4, -0.2) is 9.97 Å². The van der Waals surface area contributed by atoms with Crippen molar-refractivity contribution < 1.29 is 0 Å². The topological polar surface area (TPSA) is 63.8 Å². The number of hydrogen-bond donors (Lipinski definition) is 2. The predicted octanol–water partition coefficient (Wildman–Crippen LogP) is 2.35. The fraction of sp³-hybridized carbons (Fsp3) is 0.273. The van der Waals surface area contributed by atoms with Crippen molar-refractivity contribution in [1.29, 1.82) is 0 Å². The zero-order valence-electron chi connectivity index (χ0n) is 9.32. The van der Waals surface area contributed by atoms with E-state index in [2.05, 4.69) is 15.3 Å². The van der Waals surface area contributed by atoms with E-state index in [4.69, 9.17) is 5.73 Å². The van der Waals surface area contributed by atoms with Gasteiger partial charge in [-0.05, 0) is 19.4 Å². The molecular weight excluding hydrogens is 220 g/mol. The lowest BCUT2D eigenvalue weighted by molar-refractivity contribution is 1.04. The second-order valence-electron chi connectivity index (χ2n) is 3.64. The maximum atomic E-state index is 5.80. The molecule has 5 heteroatoms. The third kappa shape index (κ3) is 2.49. The molecule has 0 aliphatic rings. The van der Waals surface area contributed by atoms with E-state index in [1.54, 1.807) is 17.5 Å². The Morgan fingerprint density at radius 3 is 2.88 bits per heavy atom. The summed E-state index contributed by atoms with van der Waals surface area (Å²) in [5.74, 6) is 0.786. The quantitative estimate of drug-likeness (QED) is 0.855. The van der Waals surface area contributed by atoms with Crippen molar-refractivity contribution >= 4 is 22.8 Å². The first-order chi connectivity index (χ1) is 7.65. The molecule has 0 atom stereocenters. The average molecular weight is 234 g/mol. The summed E-state index contributed by atoms with van der Waals surface area (Å²) in [7, 11) is 0. The van der Waals surface area contributed by atoms with Crippen LogP contribution >= 0.6 is 11.3 Å². The van der Waals surface area contributed by atoms with E-state index in [1.807, 2.05) is 25.3 Å². The summed E-state index contributed by atoms with van der Waals surface area (Å²) in [5, 5.41) is 6.31. The molecule has 0 amide bonds. The molecule has 0 aromatic carbocycles. The normalized spacial score (nSPS) is 10.4. The number of rotatable bonds is 3. The second-order valence-corrected chi connectivity index (χ2v) is 4.70. The highest BCUT2D eigenvalue weighted by atomic mass is 32.1. The molecule has 0 radical (unpaired) electrons. The van der Waals surface area contributed by atoms with Crippen LogP contribution in [0.4, 0.5) is 11.5 Å². The van der Waals surface area contributed by atoms with Gasteiger partial charge in [0.05, 0.1) is 17.2 Å². The van der Waals surface area contributed by atoms with Gasteiger partial charge in [-0.15, -0.1) is 11.3 Å². The monoisotopic (exact) mass is 234 g/mol. The third-order valence-electron chi connectivity index (χ3n) is 2.26. The Morgan fingerprint density at radius 2 is 2.25 bits per heavy atom. The van der Waals surface area contributed by atoms with Crippen molar-refractivity contribution in [3.8, 4) is 0 Å². The van der Waals surface area contributed by atoms with Crippen LogP contribution in [0.5, 0.6) is 0 Å². The number of aromatic nitrogens is 2. The van der Waals surface area contributed by atoms with Crippen molar-refractivity contribution in [3.63, 3.8) is 0 Å². The number of nitrogens with zero attached hydrogens (tertiary/aromatic N) is 2. The average Bonchev–Trinajstić information content (AvgIpc) is 2.66. The zero-order chi connectivity index (χ0) is 11.5. The van der Waals surface area contributed by atoms with Crippen LogP contribution in [0, 0.1) is 13.8 Å². The highest BCUT2D eigenvalue weighted by Crippen LogP contribution is 2.15. The first kappa shape index (κ1) is 10.9. The summed E-state index contributed by atoms with van der Waals surface area (Å²) in [4.78, 5) is 8.61. The number of anilines is 2. The van der Waals surface area contributed by atoms with Crippen LogP contribution in [-0.2, 0) is 6.54 Å². The summed E-state index contributed by atoms with van der Waals surface area (Å²) >= 11 is 1.65. The molecule has 4 nitrogen and oxygen atoms in total. The smallest absolute Gasteiger partial charge is 0.128 e. The molecular formula is C11H14N4S. The Bertz CT molecular complexity index is 492.